The van der Waals surface area contributed by atoms with Crippen LogP contribution in [-0.2, 0) is 6.42 Å². The Hall–Kier alpha value is -1.30. The Bertz CT molecular complexity index is 332. The van der Waals surface area contributed by atoms with Crippen LogP contribution in [-0.4, -0.2) is 0 Å². The van der Waals surface area contributed by atoms with Gasteiger partial charge in [-0.15, -0.1) is 0 Å². The fourth-order valence-corrected chi connectivity index (χ4v) is 1.51. The monoisotopic (exact) mass is 186 g/mol. The van der Waals surface area contributed by atoms with Gasteiger partial charge < -0.3 is 0 Å². The Labute approximate surface area is 87.0 Å². The van der Waals surface area contributed by atoms with Gasteiger partial charge in [-0.2, -0.15) is 0 Å². The molecular weight excluding hydrogens is 168 g/mol. The van der Waals surface area contributed by atoms with Crippen molar-refractivity contribution in [3.05, 3.63) is 59.7 Å². The van der Waals surface area contributed by atoms with E-state index in [0.29, 0.717) is 0 Å². The van der Waals surface area contributed by atoms with Crippen LogP contribution in [0.15, 0.2) is 43.0 Å². The van der Waals surface area contributed by atoms with Gasteiger partial charge in [-0.25, -0.2) is 0 Å². The van der Waals surface area contributed by atoms with Gasteiger partial charge in [0.15, 0.2) is 0 Å². The molecule has 0 saturated heterocycles. The van der Waals surface area contributed by atoms with Crippen molar-refractivity contribution < 1.29 is 0 Å². The van der Waals surface area contributed by atoms with Gasteiger partial charge in [-0.3, -0.25) is 0 Å². The van der Waals surface area contributed by atoms with Crippen LogP contribution < -0.4 is 0 Å². The van der Waals surface area contributed by atoms with Gasteiger partial charge in [0, 0.05) is 0 Å². The molecule has 0 bridgehead atoms. The average molecular weight is 186 g/mol. The van der Waals surface area contributed by atoms with Crippen molar-refractivity contribution in [2.45, 2.75) is 26.7 Å². The second-order valence-electron chi connectivity index (χ2n) is 3.56. The van der Waals surface area contributed by atoms with E-state index in [0.717, 1.165) is 12.8 Å². The number of allylic oxidation sites excluding steroid dienone is 3. The molecule has 1 aromatic rings. The smallest absolute Gasteiger partial charge is 0.0241 e. The highest BCUT2D eigenvalue weighted by molar-refractivity contribution is 5.33. The van der Waals surface area contributed by atoms with Gasteiger partial charge >= 0.3 is 0 Å². The van der Waals surface area contributed by atoms with E-state index in [1.54, 1.807) is 0 Å². The molecule has 0 amide bonds. The minimum absolute atomic E-state index is 1.09. The van der Waals surface area contributed by atoms with E-state index < -0.39 is 0 Å². The molecule has 1 aromatic carbocycles. The summed E-state index contributed by atoms with van der Waals surface area (Å²) in [5, 5.41) is 0. The van der Waals surface area contributed by atoms with Crippen LogP contribution in [0.25, 0.3) is 0 Å². The standard InChI is InChI=1S/C14H18/c1-4-5-6-7-10-14-11-8-9-12(2)13(14)3/h4-6,8-9,11H,1,7,10H2,2-3H3. The van der Waals surface area contributed by atoms with Gasteiger partial charge in [0.05, 0.1) is 0 Å². The highest BCUT2D eigenvalue weighted by Gasteiger charge is 1.98. The van der Waals surface area contributed by atoms with Crippen LogP contribution in [0, 0.1) is 13.8 Å². The molecule has 0 aliphatic heterocycles. The fourth-order valence-electron chi connectivity index (χ4n) is 1.51. The number of hydrogen-bond donors (Lipinski definition) is 0. The minimum Gasteiger partial charge on any atom is -0.0991 e. The number of benzene rings is 1. The number of rotatable bonds is 4. The number of hydrogen-bond acceptors (Lipinski definition) is 0. The van der Waals surface area contributed by atoms with Crippen molar-refractivity contribution in [3.63, 3.8) is 0 Å². The first-order chi connectivity index (χ1) is 6.75. The minimum atomic E-state index is 1.09. The van der Waals surface area contributed by atoms with E-state index in [1.807, 2.05) is 12.2 Å². The molecule has 0 saturated carbocycles. The maximum absolute atomic E-state index is 3.65. The van der Waals surface area contributed by atoms with E-state index >= 15 is 0 Å². The first-order valence-corrected chi connectivity index (χ1v) is 5.08. The van der Waals surface area contributed by atoms with Gasteiger partial charge in [-0.1, -0.05) is 43.0 Å². The highest BCUT2D eigenvalue weighted by Crippen LogP contribution is 2.14. The lowest BCUT2D eigenvalue weighted by Crippen LogP contribution is -1.90. The van der Waals surface area contributed by atoms with Crippen LogP contribution in [0.3, 0.4) is 0 Å². The zero-order valence-corrected chi connectivity index (χ0v) is 9.09. The molecular formula is C14H18. The fraction of sp³-hybridized carbons (Fsp3) is 0.286. The summed E-state index contributed by atoms with van der Waals surface area (Å²) >= 11 is 0. The van der Waals surface area contributed by atoms with Gasteiger partial charge in [0.1, 0.15) is 0 Å². The summed E-state index contributed by atoms with van der Waals surface area (Å²) in [6.07, 6.45) is 8.21. The van der Waals surface area contributed by atoms with Crippen molar-refractivity contribution in [1.29, 1.82) is 0 Å². The zero-order valence-electron chi connectivity index (χ0n) is 9.09. The summed E-state index contributed by atoms with van der Waals surface area (Å²) in [5.74, 6) is 0. The first-order valence-electron chi connectivity index (χ1n) is 5.08. The molecule has 0 fully saturated rings. The Balaban J connectivity index is 2.63. The summed E-state index contributed by atoms with van der Waals surface area (Å²) in [7, 11) is 0. The number of aryl methyl sites for hydroxylation is 2. The third-order valence-electron chi connectivity index (χ3n) is 2.57. The largest absolute Gasteiger partial charge is 0.0991 e. The maximum atomic E-state index is 3.65. The second kappa shape index (κ2) is 5.43. The van der Waals surface area contributed by atoms with E-state index in [1.165, 1.54) is 16.7 Å². The third-order valence-corrected chi connectivity index (χ3v) is 2.57. The predicted octanol–water partition coefficient (Wildman–Crippen LogP) is 3.98. The van der Waals surface area contributed by atoms with Gasteiger partial charge in [-0.05, 0) is 43.4 Å². The van der Waals surface area contributed by atoms with Crippen molar-refractivity contribution in [2.24, 2.45) is 0 Å². The average Bonchev–Trinajstić information content (AvgIpc) is 2.19. The first kappa shape index (κ1) is 10.8. The van der Waals surface area contributed by atoms with Gasteiger partial charge in [0.2, 0.25) is 0 Å². The summed E-state index contributed by atoms with van der Waals surface area (Å²) < 4.78 is 0. The molecule has 0 unspecified atom stereocenters. The highest BCUT2D eigenvalue weighted by atomic mass is 14.0. The van der Waals surface area contributed by atoms with Crippen molar-refractivity contribution in [1.82, 2.24) is 0 Å². The zero-order chi connectivity index (χ0) is 10.4. The molecule has 0 atom stereocenters. The van der Waals surface area contributed by atoms with Crippen LogP contribution in [0.1, 0.15) is 23.1 Å². The molecule has 1 rings (SSSR count). The molecule has 0 nitrogen and oxygen atoms in total. The molecule has 0 spiro atoms. The van der Waals surface area contributed by atoms with Gasteiger partial charge in [0.25, 0.3) is 0 Å². The quantitative estimate of drug-likeness (QED) is 0.624. The van der Waals surface area contributed by atoms with E-state index in [2.05, 4.69) is 44.7 Å². The molecule has 74 valence electrons. The molecule has 0 aromatic heterocycles. The lowest BCUT2D eigenvalue weighted by atomic mass is 10.00. The molecule has 0 heterocycles. The lowest BCUT2D eigenvalue weighted by Gasteiger charge is -2.06. The third kappa shape index (κ3) is 2.88. The topological polar surface area (TPSA) is 0 Å². The SMILES string of the molecule is C=CC=CCCc1cccc(C)c1C. The van der Waals surface area contributed by atoms with Crippen LogP contribution >= 0.6 is 0 Å². The lowest BCUT2D eigenvalue weighted by molar-refractivity contribution is 0.982. The Morgan fingerprint density at radius 2 is 2.07 bits per heavy atom. The summed E-state index contributed by atoms with van der Waals surface area (Å²) in [6.45, 7) is 8.01. The Morgan fingerprint density at radius 1 is 1.29 bits per heavy atom. The van der Waals surface area contributed by atoms with Crippen LogP contribution in [0.5, 0.6) is 0 Å². The molecule has 0 aliphatic carbocycles. The predicted molar refractivity (Wildman–Crippen MR) is 63.6 cm³/mol. The molecule has 0 radical (unpaired) electrons. The van der Waals surface area contributed by atoms with Crippen molar-refractivity contribution in [3.8, 4) is 0 Å². The van der Waals surface area contributed by atoms with E-state index in [4.69, 9.17) is 0 Å². The van der Waals surface area contributed by atoms with E-state index in [-0.39, 0.29) is 0 Å². The summed E-state index contributed by atoms with van der Waals surface area (Å²) in [6, 6.07) is 6.51. The van der Waals surface area contributed by atoms with Crippen molar-refractivity contribution in [2.75, 3.05) is 0 Å². The molecule has 0 N–H and O–H groups in total. The van der Waals surface area contributed by atoms with Crippen LogP contribution in [0.4, 0.5) is 0 Å². The van der Waals surface area contributed by atoms with Crippen molar-refractivity contribution >= 4 is 0 Å². The summed E-state index contributed by atoms with van der Waals surface area (Å²) in [4.78, 5) is 0. The summed E-state index contributed by atoms with van der Waals surface area (Å²) in [5.41, 5.74) is 4.27. The van der Waals surface area contributed by atoms with Crippen LogP contribution in [0.2, 0.25) is 0 Å². The maximum Gasteiger partial charge on any atom is -0.0241 e. The molecule has 0 heteroatoms. The molecule has 0 aliphatic rings. The second-order valence-corrected chi connectivity index (χ2v) is 3.56. The molecule has 14 heavy (non-hydrogen) atoms. The Kier molecular flexibility index (Phi) is 4.18. The normalized spacial score (nSPS) is 10.7. The Morgan fingerprint density at radius 3 is 2.79 bits per heavy atom. The van der Waals surface area contributed by atoms with E-state index in [9.17, 15) is 0 Å².